The predicted molar refractivity (Wildman–Crippen MR) is 72.9 cm³/mol. The molecule has 18 heavy (non-hydrogen) atoms. The zero-order valence-corrected chi connectivity index (χ0v) is 11.1. The second-order valence-corrected chi connectivity index (χ2v) is 5.18. The first-order valence-electron chi connectivity index (χ1n) is 6.25. The third-order valence-corrected chi connectivity index (χ3v) is 3.61. The van der Waals surface area contributed by atoms with Crippen LogP contribution in [0, 0.1) is 5.95 Å². The van der Waals surface area contributed by atoms with Crippen LogP contribution in [0.1, 0.15) is 32.8 Å². The first kappa shape index (κ1) is 12.7. The van der Waals surface area contributed by atoms with Crippen LogP contribution in [-0.4, -0.2) is 4.98 Å². The third kappa shape index (κ3) is 2.58. The standard InChI is InChI=1S/C16H18FN/c1-4-16(2,3)14-8-5-12(6-9-14)13-7-10-15(17)18-11-13/h5-11H,4H2,1-3H3. The van der Waals surface area contributed by atoms with E-state index in [1.54, 1.807) is 12.3 Å². The SMILES string of the molecule is CCC(C)(C)c1ccc(-c2ccc(F)nc2)cc1. The fourth-order valence-electron chi connectivity index (χ4n) is 1.86. The molecule has 0 unspecified atom stereocenters. The van der Waals surface area contributed by atoms with Gasteiger partial charge in [0.2, 0.25) is 5.95 Å². The summed E-state index contributed by atoms with van der Waals surface area (Å²) in [6.07, 6.45) is 2.67. The van der Waals surface area contributed by atoms with Gasteiger partial charge in [0.05, 0.1) is 0 Å². The third-order valence-electron chi connectivity index (χ3n) is 3.61. The number of pyridine rings is 1. The lowest BCUT2D eigenvalue weighted by Crippen LogP contribution is -2.14. The van der Waals surface area contributed by atoms with E-state index in [0.29, 0.717) is 0 Å². The molecule has 0 spiro atoms. The van der Waals surface area contributed by atoms with Gasteiger partial charge >= 0.3 is 0 Å². The molecule has 0 aliphatic heterocycles. The number of rotatable bonds is 3. The molecule has 2 rings (SSSR count). The lowest BCUT2D eigenvalue weighted by atomic mass is 9.82. The Morgan fingerprint density at radius 2 is 1.61 bits per heavy atom. The minimum Gasteiger partial charge on any atom is -0.228 e. The Morgan fingerprint density at radius 3 is 2.11 bits per heavy atom. The van der Waals surface area contributed by atoms with Crippen molar-refractivity contribution >= 4 is 0 Å². The van der Waals surface area contributed by atoms with Gasteiger partial charge in [-0.1, -0.05) is 45.0 Å². The smallest absolute Gasteiger partial charge is 0.212 e. The summed E-state index contributed by atoms with van der Waals surface area (Å²) in [4.78, 5) is 3.68. The average Bonchev–Trinajstić information content (AvgIpc) is 2.40. The van der Waals surface area contributed by atoms with Crippen LogP contribution in [0.25, 0.3) is 11.1 Å². The van der Waals surface area contributed by atoms with Gasteiger partial charge in [0, 0.05) is 11.8 Å². The molecular weight excluding hydrogens is 225 g/mol. The van der Waals surface area contributed by atoms with Gasteiger partial charge in [0.25, 0.3) is 0 Å². The van der Waals surface area contributed by atoms with E-state index < -0.39 is 5.95 Å². The molecule has 1 heterocycles. The number of halogens is 1. The fourth-order valence-corrected chi connectivity index (χ4v) is 1.86. The number of benzene rings is 1. The quantitative estimate of drug-likeness (QED) is 0.719. The number of aromatic nitrogens is 1. The van der Waals surface area contributed by atoms with Crippen molar-refractivity contribution in [2.45, 2.75) is 32.6 Å². The number of nitrogens with zero attached hydrogens (tertiary/aromatic N) is 1. The molecule has 0 fully saturated rings. The Labute approximate surface area is 108 Å². The van der Waals surface area contributed by atoms with Crippen LogP contribution < -0.4 is 0 Å². The van der Waals surface area contributed by atoms with Crippen molar-refractivity contribution in [2.75, 3.05) is 0 Å². The van der Waals surface area contributed by atoms with Gasteiger partial charge in [-0.15, -0.1) is 0 Å². The van der Waals surface area contributed by atoms with Gasteiger partial charge in [0.1, 0.15) is 0 Å². The molecule has 2 aromatic rings. The molecule has 0 atom stereocenters. The van der Waals surface area contributed by atoms with Gasteiger partial charge in [-0.2, -0.15) is 4.39 Å². The van der Waals surface area contributed by atoms with E-state index in [1.165, 1.54) is 11.6 Å². The Hall–Kier alpha value is -1.70. The van der Waals surface area contributed by atoms with Crippen LogP contribution in [0.4, 0.5) is 4.39 Å². The van der Waals surface area contributed by atoms with Crippen molar-refractivity contribution in [3.8, 4) is 11.1 Å². The largest absolute Gasteiger partial charge is 0.228 e. The minimum absolute atomic E-state index is 0.194. The van der Waals surface area contributed by atoms with Gasteiger partial charge in [-0.3, -0.25) is 0 Å². The molecule has 1 nitrogen and oxygen atoms in total. The molecule has 0 radical (unpaired) electrons. The Morgan fingerprint density at radius 1 is 1.00 bits per heavy atom. The molecule has 1 aromatic heterocycles. The molecule has 0 bridgehead atoms. The number of hydrogen-bond donors (Lipinski definition) is 0. The summed E-state index contributed by atoms with van der Waals surface area (Å²) in [6, 6.07) is 11.6. The topological polar surface area (TPSA) is 12.9 Å². The van der Waals surface area contributed by atoms with Gasteiger partial charge in [0.15, 0.2) is 0 Å². The van der Waals surface area contributed by atoms with E-state index in [2.05, 4.69) is 50.0 Å². The Bertz CT molecular complexity index is 512. The van der Waals surface area contributed by atoms with Crippen LogP contribution in [0.2, 0.25) is 0 Å². The summed E-state index contributed by atoms with van der Waals surface area (Å²) < 4.78 is 12.8. The summed E-state index contributed by atoms with van der Waals surface area (Å²) in [6.45, 7) is 6.67. The monoisotopic (exact) mass is 243 g/mol. The summed E-state index contributed by atoms with van der Waals surface area (Å²) in [5, 5.41) is 0. The van der Waals surface area contributed by atoms with Crippen LogP contribution >= 0.6 is 0 Å². The van der Waals surface area contributed by atoms with Crippen LogP contribution in [0.5, 0.6) is 0 Å². The number of hydrogen-bond acceptors (Lipinski definition) is 1. The second kappa shape index (κ2) is 4.89. The molecule has 0 saturated carbocycles. The average molecular weight is 243 g/mol. The van der Waals surface area contributed by atoms with Crippen molar-refractivity contribution in [2.24, 2.45) is 0 Å². The Balaban J connectivity index is 2.30. The first-order valence-corrected chi connectivity index (χ1v) is 6.25. The predicted octanol–water partition coefficient (Wildman–Crippen LogP) is 4.58. The molecule has 94 valence electrons. The van der Waals surface area contributed by atoms with E-state index in [0.717, 1.165) is 17.5 Å². The van der Waals surface area contributed by atoms with Crippen molar-refractivity contribution in [1.82, 2.24) is 4.98 Å². The molecule has 1 aromatic carbocycles. The maximum Gasteiger partial charge on any atom is 0.212 e. The van der Waals surface area contributed by atoms with Gasteiger partial charge < -0.3 is 0 Å². The van der Waals surface area contributed by atoms with Crippen LogP contribution in [-0.2, 0) is 5.41 Å². The summed E-state index contributed by atoms with van der Waals surface area (Å²) >= 11 is 0. The minimum atomic E-state index is -0.442. The highest BCUT2D eigenvalue weighted by Crippen LogP contribution is 2.28. The van der Waals surface area contributed by atoms with Crippen LogP contribution in [0.15, 0.2) is 42.6 Å². The van der Waals surface area contributed by atoms with Crippen molar-refractivity contribution < 1.29 is 4.39 Å². The van der Waals surface area contributed by atoms with Crippen molar-refractivity contribution in [3.63, 3.8) is 0 Å². The van der Waals surface area contributed by atoms with Crippen molar-refractivity contribution in [1.29, 1.82) is 0 Å². The molecule has 0 amide bonds. The van der Waals surface area contributed by atoms with E-state index >= 15 is 0 Å². The highest BCUT2D eigenvalue weighted by Gasteiger charge is 2.17. The molecular formula is C16H18FN. The van der Waals surface area contributed by atoms with E-state index in [9.17, 15) is 4.39 Å². The lowest BCUT2D eigenvalue weighted by molar-refractivity contribution is 0.506. The fraction of sp³-hybridized carbons (Fsp3) is 0.312. The zero-order valence-electron chi connectivity index (χ0n) is 11.1. The molecule has 0 saturated heterocycles. The van der Waals surface area contributed by atoms with Crippen molar-refractivity contribution in [3.05, 3.63) is 54.1 Å². The first-order chi connectivity index (χ1) is 8.53. The normalized spacial score (nSPS) is 11.6. The zero-order chi connectivity index (χ0) is 13.2. The van der Waals surface area contributed by atoms with Crippen LogP contribution in [0.3, 0.4) is 0 Å². The van der Waals surface area contributed by atoms with E-state index in [1.807, 2.05) is 0 Å². The Kier molecular flexibility index (Phi) is 3.46. The lowest BCUT2D eigenvalue weighted by Gasteiger charge is -2.23. The molecule has 0 aliphatic rings. The maximum absolute atomic E-state index is 12.8. The van der Waals surface area contributed by atoms with E-state index in [-0.39, 0.29) is 5.41 Å². The summed E-state index contributed by atoms with van der Waals surface area (Å²) in [5.74, 6) is -0.442. The summed E-state index contributed by atoms with van der Waals surface area (Å²) in [5.41, 5.74) is 3.53. The van der Waals surface area contributed by atoms with E-state index in [4.69, 9.17) is 0 Å². The highest BCUT2D eigenvalue weighted by atomic mass is 19.1. The molecule has 0 aliphatic carbocycles. The van der Waals surface area contributed by atoms with Gasteiger partial charge in [-0.25, -0.2) is 4.98 Å². The molecule has 2 heteroatoms. The highest BCUT2D eigenvalue weighted by molar-refractivity contribution is 5.62. The molecule has 0 N–H and O–H groups in total. The maximum atomic E-state index is 12.8. The van der Waals surface area contributed by atoms with Gasteiger partial charge in [-0.05, 0) is 35.1 Å². The second-order valence-electron chi connectivity index (χ2n) is 5.18. The summed E-state index contributed by atoms with van der Waals surface area (Å²) in [7, 11) is 0.